The molecule has 2 saturated carbocycles. The molecule has 4 aliphatic rings. The number of hydrogen-bond acceptors (Lipinski definition) is 3. The van der Waals surface area contributed by atoms with Gasteiger partial charge in [0.1, 0.15) is 5.78 Å². The highest BCUT2D eigenvalue weighted by Gasteiger charge is 2.63. The van der Waals surface area contributed by atoms with Gasteiger partial charge in [0, 0.05) is 17.9 Å². The molecule has 0 radical (unpaired) electrons. The van der Waals surface area contributed by atoms with Crippen LogP contribution in [0.2, 0.25) is 0 Å². The van der Waals surface area contributed by atoms with Crippen molar-refractivity contribution in [3.05, 3.63) is 23.3 Å². The largest absolute Gasteiger partial charge is 0.478 e. The van der Waals surface area contributed by atoms with Gasteiger partial charge in [0.15, 0.2) is 0 Å². The first-order valence-electron chi connectivity index (χ1n) is 14.0. The molecule has 0 aromatic carbocycles. The Morgan fingerprint density at radius 2 is 1.63 bits per heavy atom. The molecule has 4 rings (SSSR count). The number of carbonyl (C=O) groups is 2. The van der Waals surface area contributed by atoms with Gasteiger partial charge in [0.2, 0.25) is 0 Å². The van der Waals surface area contributed by atoms with E-state index in [2.05, 4.69) is 48.1 Å². The topological polar surface area (TPSA) is 74.6 Å². The van der Waals surface area contributed by atoms with E-state index >= 15 is 0 Å². The Kier molecular flexibility index (Phi) is 6.52. The maximum atomic E-state index is 13.0. The summed E-state index contributed by atoms with van der Waals surface area (Å²) >= 11 is 0. The first-order valence-corrected chi connectivity index (χ1v) is 14.0. The summed E-state index contributed by atoms with van der Waals surface area (Å²) in [5, 5.41) is 20.1. The third kappa shape index (κ3) is 3.71. The lowest BCUT2D eigenvalue weighted by Crippen LogP contribution is -2.55. The zero-order valence-corrected chi connectivity index (χ0v) is 23.2. The molecule has 4 aliphatic carbocycles. The van der Waals surface area contributed by atoms with Crippen molar-refractivity contribution in [2.75, 3.05) is 0 Å². The Labute approximate surface area is 212 Å². The Balaban J connectivity index is 1.61. The standard InChI is InChI=1S/C31H48O4/c1-18(17-24(32)19(2)20(3)27(34)35)21-11-15-31(8)23-9-10-25-28(4,5)26(33)13-14-29(25,6)22(23)12-16-30(21,31)7/h18-19,21,25-26,33H,3,9-17H2,1-2,4-8H3,(H,34,35)/t18-,19-,21-,25-,26-,29+,30+,31+/m1/s1. The van der Waals surface area contributed by atoms with Gasteiger partial charge in [-0.05, 0) is 90.8 Å². The molecule has 0 spiro atoms. The molecule has 4 heteroatoms. The molecular formula is C31H48O4. The monoisotopic (exact) mass is 484 g/mol. The Morgan fingerprint density at radius 1 is 0.971 bits per heavy atom. The van der Waals surface area contributed by atoms with Gasteiger partial charge in [-0.1, -0.05) is 66.2 Å². The van der Waals surface area contributed by atoms with Crippen LogP contribution in [0.4, 0.5) is 0 Å². The molecule has 8 atom stereocenters. The molecule has 2 fully saturated rings. The highest BCUT2D eigenvalue weighted by molar-refractivity contribution is 5.96. The van der Waals surface area contributed by atoms with E-state index in [-0.39, 0.29) is 45.0 Å². The molecule has 196 valence electrons. The van der Waals surface area contributed by atoms with Crippen LogP contribution in [-0.2, 0) is 9.59 Å². The van der Waals surface area contributed by atoms with Crippen molar-refractivity contribution in [3.63, 3.8) is 0 Å². The molecule has 0 aliphatic heterocycles. The summed E-state index contributed by atoms with van der Waals surface area (Å²) in [5.41, 5.74) is 3.89. The fraction of sp³-hybridized carbons (Fsp3) is 0.806. The fourth-order valence-corrected chi connectivity index (χ4v) is 9.64. The highest BCUT2D eigenvalue weighted by atomic mass is 16.4. The normalized spacial score (nSPS) is 41.9. The quantitative estimate of drug-likeness (QED) is 0.315. The van der Waals surface area contributed by atoms with E-state index in [1.54, 1.807) is 18.1 Å². The number of aliphatic hydroxyl groups excluding tert-OH is 1. The molecule has 0 amide bonds. The molecule has 35 heavy (non-hydrogen) atoms. The first-order chi connectivity index (χ1) is 16.1. The van der Waals surface area contributed by atoms with Crippen LogP contribution in [0.15, 0.2) is 23.3 Å². The van der Waals surface area contributed by atoms with Crippen LogP contribution in [-0.4, -0.2) is 28.1 Å². The molecule has 0 aromatic rings. The van der Waals surface area contributed by atoms with Gasteiger partial charge >= 0.3 is 5.97 Å². The van der Waals surface area contributed by atoms with Crippen molar-refractivity contribution in [2.24, 2.45) is 45.3 Å². The smallest absolute Gasteiger partial charge is 0.331 e. The van der Waals surface area contributed by atoms with E-state index < -0.39 is 11.9 Å². The fourth-order valence-electron chi connectivity index (χ4n) is 9.64. The van der Waals surface area contributed by atoms with Crippen LogP contribution in [0.25, 0.3) is 0 Å². The first kappa shape index (κ1) is 26.6. The number of aliphatic hydroxyl groups is 1. The van der Waals surface area contributed by atoms with Gasteiger partial charge in [-0.15, -0.1) is 0 Å². The number of aliphatic carboxylic acids is 1. The van der Waals surface area contributed by atoms with Gasteiger partial charge in [-0.25, -0.2) is 4.79 Å². The third-order valence-corrected chi connectivity index (χ3v) is 12.3. The summed E-state index contributed by atoms with van der Waals surface area (Å²) in [6.07, 6.45) is 9.14. The van der Waals surface area contributed by atoms with Gasteiger partial charge in [-0.2, -0.15) is 0 Å². The van der Waals surface area contributed by atoms with Gasteiger partial charge in [0.25, 0.3) is 0 Å². The van der Waals surface area contributed by atoms with Crippen LogP contribution in [0.5, 0.6) is 0 Å². The number of carboxylic acids is 1. The van der Waals surface area contributed by atoms with Crippen molar-refractivity contribution < 1.29 is 19.8 Å². The van der Waals surface area contributed by atoms with Gasteiger partial charge < -0.3 is 10.2 Å². The van der Waals surface area contributed by atoms with Crippen molar-refractivity contribution >= 4 is 11.8 Å². The van der Waals surface area contributed by atoms with E-state index in [1.165, 1.54) is 12.8 Å². The van der Waals surface area contributed by atoms with Gasteiger partial charge in [0.05, 0.1) is 6.10 Å². The summed E-state index contributed by atoms with van der Waals surface area (Å²) in [7, 11) is 0. The number of carbonyl (C=O) groups excluding carboxylic acids is 1. The second-order valence-electron chi connectivity index (χ2n) is 13.9. The number of Topliss-reactive ketones (excluding diaryl/α,β-unsaturated/α-hetero) is 1. The molecule has 0 saturated heterocycles. The maximum absolute atomic E-state index is 13.0. The number of ketones is 1. The van der Waals surface area contributed by atoms with E-state index in [1.807, 2.05) is 0 Å². The predicted molar refractivity (Wildman–Crippen MR) is 140 cm³/mol. The van der Waals surface area contributed by atoms with Crippen molar-refractivity contribution in [1.82, 2.24) is 0 Å². The van der Waals surface area contributed by atoms with Crippen LogP contribution >= 0.6 is 0 Å². The predicted octanol–water partition coefficient (Wildman–Crippen LogP) is 6.97. The molecule has 0 bridgehead atoms. The van der Waals surface area contributed by atoms with Crippen LogP contribution < -0.4 is 0 Å². The van der Waals surface area contributed by atoms with E-state index in [0.717, 1.165) is 38.5 Å². The molecule has 0 aromatic heterocycles. The average molecular weight is 485 g/mol. The van der Waals surface area contributed by atoms with Crippen molar-refractivity contribution in [3.8, 4) is 0 Å². The van der Waals surface area contributed by atoms with Crippen molar-refractivity contribution in [2.45, 2.75) is 112 Å². The number of rotatable bonds is 6. The Bertz CT molecular complexity index is 959. The molecule has 4 nitrogen and oxygen atoms in total. The van der Waals surface area contributed by atoms with E-state index in [4.69, 9.17) is 0 Å². The summed E-state index contributed by atoms with van der Waals surface area (Å²) in [4.78, 5) is 24.3. The summed E-state index contributed by atoms with van der Waals surface area (Å²) in [5.74, 6) is -0.469. The number of fused-ring (bicyclic) bond motifs is 4. The Hall–Kier alpha value is -1.42. The minimum atomic E-state index is -1.08. The third-order valence-electron chi connectivity index (χ3n) is 12.3. The average Bonchev–Trinajstić information content (AvgIpc) is 3.07. The van der Waals surface area contributed by atoms with Crippen molar-refractivity contribution in [1.29, 1.82) is 0 Å². The van der Waals surface area contributed by atoms with Crippen LogP contribution in [0.3, 0.4) is 0 Å². The Morgan fingerprint density at radius 3 is 2.26 bits per heavy atom. The second kappa shape index (κ2) is 8.57. The number of carboxylic acid groups (broad SMARTS) is 1. The number of hydrogen-bond donors (Lipinski definition) is 2. The minimum Gasteiger partial charge on any atom is -0.478 e. The van der Waals surface area contributed by atoms with E-state index in [0.29, 0.717) is 18.3 Å². The zero-order chi connectivity index (χ0) is 26.1. The zero-order valence-electron chi connectivity index (χ0n) is 23.2. The lowest BCUT2D eigenvalue weighted by molar-refractivity contribution is -0.135. The molecular weight excluding hydrogens is 436 g/mol. The minimum absolute atomic E-state index is 0.00247. The molecule has 0 heterocycles. The summed E-state index contributed by atoms with van der Waals surface area (Å²) < 4.78 is 0. The maximum Gasteiger partial charge on any atom is 0.331 e. The summed E-state index contributed by atoms with van der Waals surface area (Å²) in [6, 6.07) is 0. The highest BCUT2D eigenvalue weighted by Crippen LogP contribution is 2.72. The summed E-state index contributed by atoms with van der Waals surface area (Å²) in [6.45, 7) is 19.6. The molecule has 2 N–H and O–H groups in total. The number of allylic oxidation sites excluding steroid dienone is 2. The lowest BCUT2D eigenvalue weighted by Gasteiger charge is -2.62. The van der Waals surface area contributed by atoms with E-state index in [9.17, 15) is 19.8 Å². The lowest BCUT2D eigenvalue weighted by atomic mass is 9.43. The van der Waals surface area contributed by atoms with Crippen LogP contribution in [0, 0.1) is 45.3 Å². The second-order valence-corrected chi connectivity index (χ2v) is 13.9. The SMILES string of the molecule is C=C(C(=O)O)[C@@H](C)C(=O)C[C@@H](C)[C@H]1CC[C@@]2(C)C3=C(CC[C@@]12C)[C@]1(C)CC[C@@H](O)C(C)(C)[C@H]1CC3. The van der Waals surface area contributed by atoms with Crippen LogP contribution in [0.1, 0.15) is 106 Å². The molecule has 0 unspecified atom stereocenters. The van der Waals surface area contributed by atoms with Gasteiger partial charge in [-0.3, -0.25) is 4.79 Å².